The topological polar surface area (TPSA) is 57.3 Å². The van der Waals surface area contributed by atoms with Gasteiger partial charge in [-0.15, -0.1) is 16.5 Å². The fourth-order valence-electron chi connectivity index (χ4n) is 1.15. The van der Waals surface area contributed by atoms with E-state index in [0.29, 0.717) is 5.69 Å². The van der Waals surface area contributed by atoms with Crippen LogP contribution in [0.5, 0.6) is 0 Å². The summed E-state index contributed by atoms with van der Waals surface area (Å²) in [7, 11) is 0. The van der Waals surface area contributed by atoms with Gasteiger partial charge in [0.05, 0.1) is 16.8 Å². The van der Waals surface area contributed by atoms with Crippen molar-refractivity contribution >= 4 is 28.9 Å². The Morgan fingerprint density at radius 3 is 2.62 bits per heavy atom. The van der Waals surface area contributed by atoms with Crippen LogP contribution in [0.1, 0.15) is 4.88 Å². The molecule has 1 aromatic heterocycles. The summed E-state index contributed by atoms with van der Waals surface area (Å²) in [5.74, 6) is 0. The van der Waals surface area contributed by atoms with Crippen molar-refractivity contribution in [2.75, 3.05) is 0 Å². The second-order valence-electron chi connectivity index (χ2n) is 2.95. The molecule has 2 aromatic rings. The minimum absolute atomic E-state index is 0.701. The van der Waals surface area contributed by atoms with Crippen molar-refractivity contribution in [1.82, 2.24) is 0 Å². The molecule has 5 heteroatoms. The van der Waals surface area contributed by atoms with E-state index in [4.69, 9.17) is 5.21 Å². The lowest BCUT2D eigenvalue weighted by Crippen LogP contribution is -1.72. The van der Waals surface area contributed by atoms with E-state index >= 15 is 0 Å². The number of rotatable bonds is 3. The SMILES string of the molecule is ON=Cc1sccc1N=Nc1ccccc1. The molecule has 4 nitrogen and oxygen atoms in total. The third-order valence-corrected chi connectivity index (χ3v) is 2.72. The summed E-state index contributed by atoms with van der Waals surface area (Å²) in [5.41, 5.74) is 1.49. The molecule has 0 saturated heterocycles. The van der Waals surface area contributed by atoms with Crippen LogP contribution in [0.25, 0.3) is 0 Å². The van der Waals surface area contributed by atoms with E-state index < -0.39 is 0 Å². The molecule has 0 atom stereocenters. The molecule has 1 heterocycles. The van der Waals surface area contributed by atoms with E-state index in [9.17, 15) is 0 Å². The number of oxime groups is 1. The van der Waals surface area contributed by atoms with Crippen molar-refractivity contribution in [3.8, 4) is 0 Å². The second kappa shape index (κ2) is 5.18. The van der Waals surface area contributed by atoms with Gasteiger partial charge in [-0.1, -0.05) is 23.4 Å². The van der Waals surface area contributed by atoms with Crippen LogP contribution in [0.4, 0.5) is 11.4 Å². The van der Waals surface area contributed by atoms with Gasteiger partial charge in [-0.2, -0.15) is 5.11 Å². The predicted octanol–water partition coefficient (Wildman–Crippen LogP) is 3.97. The molecule has 1 aromatic carbocycles. The maximum absolute atomic E-state index is 8.45. The molecule has 2 rings (SSSR count). The molecule has 0 amide bonds. The Balaban J connectivity index is 2.21. The number of azo groups is 1. The van der Waals surface area contributed by atoms with Crippen molar-refractivity contribution in [1.29, 1.82) is 0 Å². The lowest BCUT2D eigenvalue weighted by Gasteiger charge is -1.90. The van der Waals surface area contributed by atoms with E-state index in [-0.39, 0.29) is 0 Å². The normalized spacial score (nSPS) is 11.5. The van der Waals surface area contributed by atoms with Gasteiger partial charge in [0, 0.05) is 0 Å². The van der Waals surface area contributed by atoms with Gasteiger partial charge < -0.3 is 5.21 Å². The van der Waals surface area contributed by atoms with E-state index in [0.717, 1.165) is 10.6 Å². The van der Waals surface area contributed by atoms with Crippen LogP contribution in [0.3, 0.4) is 0 Å². The van der Waals surface area contributed by atoms with E-state index in [1.54, 1.807) is 0 Å². The summed E-state index contributed by atoms with van der Waals surface area (Å²) < 4.78 is 0. The molecule has 0 spiro atoms. The highest BCUT2D eigenvalue weighted by Gasteiger charge is 2.00. The van der Waals surface area contributed by atoms with Crippen LogP contribution in [-0.2, 0) is 0 Å². The van der Waals surface area contributed by atoms with Gasteiger partial charge >= 0.3 is 0 Å². The third kappa shape index (κ3) is 2.52. The van der Waals surface area contributed by atoms with Gasteiger partial charge in [-0.3, -0.25) is 0 Å². The summed E-state index contributed by atoms with van der Waals surface area (Å²) in [4.78, 5) is 0.780. The first-order chi connectivity index (χ1) is 7.90. The summed E-state index contributed by atoms with van der Waals surface area (Å²) in [5, 5.41) is 21.5. The van der Waals surface area contributed by atoms with Crippen LogP contribution in [0.2, 0.25) is 0 Å². The molecule has 0 fully saturated rings. The number of benzene rings is 1. The minimum atomic E-state index is 0.701. The average Bonchev–Trinajstić information content (AvgIpc) is 2.76. The maximum Gasteiger partial charge on any atom is 0.105 e. The molecule has 80 valence electrons. The first-order valence-corrected chi connectivity index (χ1v) is 5.50. The van der Waals surface area contributed by atoms with Crippen molar-refractivity contribution in [3.63, 3.8) is 0 Å². The van der Waals surface area contributed by atoms with Gasteiger partial charge in [0.2, 0.25) is 0 Å². The molecule has 0 aliphatic carbocycles. The smallest absolute Gasteiger partial charge is 0.105 e. The monoisotopic (exact) mass is 231 g/mol. The highest BCUT2D eigenvalue weighted by atomic mass is 32.1. The zero-order chi connectivity index (χ0) is 11.2. The van der Waals surface area contributed by atoms with Gasteiger partial charge in [0.1, 0.15) is 5.69 Å². The molecule has 16 heavy (non-hydrogen) atoms. The third-order valence-electron chi connectivity index (χ3n) is 1.88. The Labute approximate surface area is 96.6 Å². The number of nitrogens with zero attached hydrogens (tertiary/aromatic N) is 3. The minimum Gasteiger partial charge on any atom is -0.411 e. The highest BCUT2D eigenvalue weighted by molar-refractivity contribution is 7.12. The molecular weight excluding hydrogens is 222 g/mol. The highest BCUT2D eigenvalue weighted by Crippen LogP contribution is 2.25. The first kappa shape index (κ1) is 10.5. The molecule has 0 bridgehead atoms. The Morgan fingerprint density at radius 2 is 1.88 bits per heavy atom. The van der Waals surface area contributed by atoms with Crippen LogP contribution in [-0.4, -0.2) is 11.4 Å². The standard InChI is InChI=1S/C11H9N3OS/c15-12-8-11-10(6-7-16-11)14-13-9-4-2-1-3-5-9/h1-8,15H. The number of hydrogen-bond donors (Lipinski definition) is 1. The summed E-state index contributed by atoms with van der Waals surface area (Å²) >= 11 is 1.45. The van der Waals surface area contributed by atoms with E-state index in [2.05, 4.69) is 15.4 Å². The van der Waals surface area contributed by atoms with Gasteiger partial charge in [0.15, 0.2) is 0 Å². The predicted molar refractivity (Wildman–Crippen MR) is 64.3 cm³/mol. The zero-order valence-electron chi connectivity index (χ0n) is 8.32. The number of thiophene rings is 1. The largest absolute Gasteiger partial charge is 0.411 e. The Bertz CT molecular complexity index is 505. The van der Waals surface area contributed by atoms with Crippen LogP contribution >= 0.6 is 11.3 Å². The van der Waals surface area contributed by atoms with Gasteiger partial charge in [0.25, 0.3) is 0 Å². The van der Waals surface area contributed by atoms with Gasteiger partial charge in [-0.05, 0) is 23.6 Å². The molecule has 0 aliphatic heterocycles. The van der Waals surface area contributed by atoms with E-state index in [1.807, 2.05) is 41.8 Å². The fraction of sp³-hybridized carbons (Fsp3) is 0. The lowest BCUT2D eigenvalue weighted by atomic mass is 10.3. The fourth-order valence-corrected chi connectivity index (χ4v) is 1.83. The average molecular weight is 231 g/mol. The number of hydrogen-bond acceptors (Lipinski definition) is 5. The van der Waals surface area contributed by atoms with Crippen LogP contribution < -0.4 is 0 Å². The molecule has 0 saturated carbocycles. The molecule has 0 radical (unpaired) electrons. The quantitative estimate of drug-likeness (QED) is 0.369. The molecule has 1 N–H and O–H groups in total. The molecule has 0 aliphatic rings. The van der Waals surface area contributed by atoms with Crippen LogP contribution in [0.15, 0.2) is 57.2 Å². The lowest BCUT2D eigenvalue weighted by molar-refractivity contribution is 0.322. The summed E-state index contributed by atoms with van der Waals surface area (Å²) in [6.07, 6.45) is 1.35. The van der Waals surface area contributed by atoms with Crippen molar-refractivity contribution in [3.05, 3.63) is 46.7 Å². The second-order valence-corrected chi connectivity index (χ2v) is 3.90. The van der Waals surface area contributed by atoms with Gasteiger partial charge in [-0.25, -0.2) is 0 Å². The molecule has 0 unspecified atom stereocenters. The zero-order valence-corrected chi connectivity index (χ0v) is 9.13. The first-order valence-electron chi connectivity index (χ1n) is 4.62. The van der Waals surface area contributed by atoms with Crippen LogP contribution in [0, 0.1) is 0 Å². The maximum atomic E-state index is 8.45. The Morgan fingerprint density at radius 1 is 1.06 bits per heavy atom. The summed E-state index contributed by atoms with van der Waals surface area (Å²) in [6.45, 7) is 0. The Hall–Kier alpha value is -2.01. The summed E-state index contributed by atoms with van der Waals surface area (Å²) in [6, 6.07) is 11.3. The molecular formula is C11H9N3OS. The van der Waals surface area contributed by atoms with Crippen molar-refractivity contribution in [2.24, 2.45) is 15.4 Å². The van der Waals surface area contributed by atoms with Crippen molar-refractivity contribution in [2.45, 2.75) is 0 Å². The van der Waals surface area contributed by atoms with E-state index in [1.165, 1.54) is 17.6 Å². The Kier molecular flexibility index (Phi) is 3.40. The van der Waals surface area contributed by atoms with Crippen molar-refractivity contribution < 1.29 is 5.21 Å².